The fourth-order valence-electron chi connectivity index (χ4n) is 1.73. The number of non-ortho nitro benzene ring substituents is 1. The minimum absolute atomic E-state index is 0.0441. The number of nitro benzene ring substituents is 1. The molecule has 0 saturated carbocycles. The van der Waals surface area contributed by atoms with Crippen molar-refractivity contribution in [2.24, 2.45) is 0 Å². The van der Waals surface area contributed by atoms with Gasteiger partial charge in [0.2, 0.25) is 5.76 Å². The lowest BCUT2D eigenvalue weighted by Crippen LogP contribution is -2.20. The number of fused-ring (bicyclic) bond motifs is 1. The molecule has 0 spiro atoms. The largest absolute Gasteiger partial charge is 0.494 e. The number of rotatable bonds is 3. The predicted molar refractivity (Wildman–Crippen MR) is 74.9 cm³/mol. The summed E-state index contributed by atoms with van der Waals surface area (Å²) in [4.78, 5) is 26.3. The highest BCUT2D eigenvalue weighted by molar-refractivity contribution is 7.22. The quantitative estimate of drug-likeness (QED) is 0.687. The van der Waals surface area contributed by atoms with Gasteiger partial charge in [-0.2, -0.15) is 0 Å². The third-order valence-corrected chi connectivity index (χ3v) is 3.63. The molecule has 108 valence electrons. The first-order valence-corrected chi connectivity index (χ1v) is 6.76. The molecule has 21 heavy (non-hydrogen) atoms. The molecular formula is C12H9N3O5S. The van der Waals surface area contributed by atoms with E-state index in [1.165, 1.54) is 29.7 Å². The van der Waals surface area contributed by atoms with E-state index in [0.717, 1.165) is 4.70 Å². The Morgan fingerprint density at radius 2 is 2.29 bits per heavy atom. The average molecular weight is 307 g/mol. The van der Waals surface area contributed by atoms with Gasteiger partial charge in [0.25, 0.3) is 11.6 Å². The molecule has 0 unspecified atom stereocenters. The van der Waals surface area contributed by atoms with Crippen LogP contribution in [-0.2, 0) is 14.3 Å². The Morgan fingerprint density at radius 1 is 1.43 bits per heavy atom. The molecule has 1 N–H and O–H groups in total. The van der Waals surface area contributed by atoms with Crippen molar-refractivity contribution in [3.63, 3.8) is 0 Å². The van der Waals surface area contributed by atoms with Crippen LogP contribution in [0.4, 0.5) is 10.8 Å². The number of thiazole rings is 1. The monoisotopic (exact) mass is 307 g/mol. The van der Waals surface area contributed by atoms with Gasteiger partial charge in [-0.1, -0.05) is 11.3 Å². The molecule has 2 aromatic rings. The highest BCUT2D eigenvalue weighted by Gasteiger charge is 2.17. The zero-order chi connectivity index (χ0) is 14.8. The molecule has 2 heterocycles. The van der Waals surface area contributed by atoms with Crippen LogP contribution in [0.3, 0.4) is 0 Å². The lowest BCUT2D eigenvalue weighted by molar-refractivity contribution is -0.384. The second-order valence-corrected chi connectivity index (χ2v) is 5.11. The summed E-state index contributed by atoms with van der Waals surface area (Å²) in [5.41, 5.74) is 0.414. The lowest BCUT2D eigenvalue weighted by Gasteiger charge is -2.13. The van der Waals surface area contributed by atoms with Crippen molar-refractivity contribution in [1.29, 1.82) is 0 Å². The summed E-state index contributed by atoms with van der Waals surface area (Å²) in [5.74, 6) is -0.394. The summed E-state index contributed by atoms with van der Waals surface area (Å²) in [6.07, 6.45) is 1.25. The van der Waals surface area contributed by atoms with Crippen LogP contribution in [-0.4, -0.2) is 29.0 Å². The molecule has 1 aliphatic heterocycles. The summed E-state index contributed by atoms with van der Waals surface area (Å²) >= 11 is 1.22. The molecule has 1 amide bonds. The Hall–Kier alpha value is -2.68. The maximum Gasteiger partial charge on any atom is 0.295 e. The third-order valence-electron chi connectivity index (χ3n) is 2.68. The Bertz CT molecular complexity index is 754. The van der Waals surface area contributed by atoms with E-state index in [2.05, 4.69) is 10.3 Å². The SMILES string of the molecule is O=C(Nc1nc2cc([N+](=O)[O-])ccc2s1)C1=COCCO1. The number of hydrogen-bond acceptors (Lipinski definition) is 7. The summed E-state index contributed by atoms with van der Waals surface area (Å²) in [7, 11) is 0. The van der Waals surface area contributed by atoms with Gasteiger partial charge in [0.05, 0.1) is 15.1 Å². The second-order valence-electron chi connectivity index (χ2n) is 4.08. The molecule has 0 bridgehead atoms. The van der Waals surface area contributed by atoms with Gasteiger partial charge in [-0.3, -0.25) is 20.2 Å². The number of aromatic nitrogens is 1. The Labute approximate surface area is 122 Å². The summed E-state index contributed by atoms with van der Waals surface area (Å²) < 4.78 is 10.9. The number of ether oxygens (including phenoxy) is 2. The van der Waals surface area contributed by atoms with Crippen LogP contribution in [0.1, 0.15) is 0 Å². The first-order valence-electron chi connectivity index (χ1n) is 5.94. The second kappa shape index (κ2) is 5.37. The van der Waals surface area contributed by atoms with Crippen LogP contribution in [0.15, 0.2) is 30.2 Å². The van der Waals surface area contributed by atoms with Crippen molar-refractivity contribution in [3.05, 3.63) is 40.3 Å². The highest BCUT2D eigenvalue weighted by atomic mass is 32.1. The maximum atomic E-state index is 11.9. The first kappa shape index (κ1) is 13.3. The lowest BCUT2D eigenvalue weighted by atomic mass is 10.3. The van der Waals surface area contributed by atoms with Gasteiger partial charge in [0.15, 0.2) is 5.13 Å². The smallest absolute Gasteiger partial charge is 0.295 e. The van der Waals surface area contributed by atoms with Gasteiger partial charge in [-0.05, 0) is 6.07 Å². The molecule has 9 heteroatoms. The van der Waals surface area contributed by atoms with Crippen molar-refractivity contribution in [1.82, 2.24) is 4.98 Å². The van der Waals surface area contributed by atoms with Crippen molar-refractivity contribution >= 4 is 38.3 Å². The fraction of sp³-hybridized carbons (Fsp3) is 0.167. The maximum absolute atomic E-state index is 11.9. The molecule has 1 aliphatic rings. The number of amides is 1. The van der Waals surface area contributed by atoms with Gasteiger partial charge < -0.3 is 9.47 Å². The molecule has 0 saturated heterocycles. The van der Waals surface area contributed by atoms with Crippen LogP contribution in [0.5, 0.6) is 0 Å². The van der Waals surface area contributed by atoms with Gasteiger partial charge in [-0.25, -0.2) is 4.98 Å². The van der Waals surface area contributed by atoms with E-state index in [1.54, 1.807) is 6.07 Å². The van der Waals surface area contributed by atoms with Crippen molar-refractivity contribution in [3.8, 4) is 0 Å². The van der Waals surface area contributed by atoms with Crippen molar-refractivity contribution < 1.29 is 19.2 Å². The summed E-state index contributed by atoms with van der Waals surface area (Å²) in [6, 6.07) is 4.36. The van der Waals surface area contributed by atoms with E-state index in [-0.39, 0.29) is 11.4 Å². The van der Waals surface area contributed by atoms with Gasteiger partial charge >= 0.3 is 0 Å². The van der Waals surface area contributed by atoms with E-state index < -0.39 is 10.8 Å². The number of carbonyl (C=O) groups excluding carboxylic acids is 1. The fourth-order valence-corrected chi connectivity index (χ4v) is 2.57. The molecule has 1 aromatic carbocycles. The van der Waals surface area contributed by atoms with Gasteiger partial charge in [-0.15, -0.1) is 0 Å². The first-order chi connectivity index (χ1) is 10.1. The average Bonchev–Trinajstić information content (AvgIpc) is 2.89. The third kappa shape index (κ3) is 2.77. The van der Waals surface area contributed by atoms with E-state index in [0.29, 0.717) is 23.9 Å². The number of carbonyl (C=O) groups is 1. The minimum Gasteiger partial charge on any atom is -0.494 e. The molecule has 0 radical (unpaired) electrons. The number of hydrogen-bond donors (Lipinski definition) is 1. The van der Waals surface area contributed by atoms with Crippen LogP contribution in [0.25, 0.3) is 10.2 Å². The van der Waals surface area contributed by atoms with Gasteiger partial charge in [0.1, 0.15) is 19.5 Å². The number of anilines is 1. The van der Waals surface area contributed by atoms with E-state index in [4.69, 9.17) is 9.47 Å². The minimum atomic E-state index is -0.491. The highest BCUT2D eigenvalue weighted by Crippen LogP contribution is 2.29. The number of benzene rings is 1. The number of nitrogens with one attached hydrogen (secondary N) is 1. The normalized spacial score (nSPS) is 14.0. The van der Waals surface area contributed by atoms with Crippen molar-refractivity contribution in [2.75, 3.05) is 18.5 Å². The molecule has 0 aliphatic carbocycles. The number of nitro groups is 1. The molecule has 0 fully saturated rings. The van der Waals surface area contributed by atoms with Crippen molar-refractivity contribution in [2.45, 2.75) is 0 Å². The Balaban J connectivity index is 1.82. The summed E-state index contributed by atoms with van der Waals surface area (Å²) in [5, 5.41) is 13.6. The number of nitrogens with zero attached hydrogens (tertiary/aromatic N) is 2. The van der Waals surface area contributed by atoms with E-state index >= 15 is 0 Å². The van der Waals surface area contributed by atoms with Crippen LogP contribution < -0.4 is 5.32 Å². The van der Waals surface area contributed by atoms with Crippen LogP contribution >= 0.6 is 11.3 Å². The zero-order valence-electron chi connectivity index (χ0n) is 10.6. The predicted octanol–water partition coefficient (Wildman–Crippen LogP) is 2.03. The zero-order valence-corrected chi connectivity index (χ0v) is 11.4. The molecular weight excluding hydrogens is 298 g/mol. The van der Waals surface area contributed by atoms with Gasteiger partial charge in [0, 0.05) is 12.1 Å². The van der Waals surface area contributed by atoms with E-state index in [1.807, 2.05) is 0 Å². The van der Waals surface area contributed by atoms with Crippen LogP contribution in [0.2, 0.25) is 0 Å². The molecule has 0 atom stereocenters. The molecule has 1 aromatic heterocycles. The Kier molecular flexibility index (Phi) is 3.40. The summed E-state index contributed by atoms with van der Waals surface area (Å²) in [6.45, 7) is 0.715. The van der Waals surface area contributed by atoms with Crippen LogP contribution in [0, 0.1) is 10.1 Å². The topological polar surface area (TPSA) is 104 Å². The standard InChI is InChI=1S/C12H9N3O5S/c16-11(9-6-19-3-4-20-9)14-12-13-8-5-7(15(17)18)1-2-10(8)21-12/h1-2,5-6H,3-4H2,(H,13,14,16). The van der Waals surface area contributed by atoms with E-state index in [9.17, 15) is 14.9 Å². The molecule has 8 nitrogen and oxygen atoms in total. The molecule has 3 rings (SSSR count). The Morgan fingerprint density at radius 3 is 3.00 bits per heavy atom.